The second-order valence-corrected chi connectivity index (χ2v) is 7.63. The molecule has 0 fully saturated rings. The summed E-state index contributed by atoms with van der Waals surface area (Å²) in [5.41, 5.74) is 3.36. The Kier molecular flexibility index (Phi) is 5.45. The predicted octanol–water partition coefficient (Wildman–Crippen LogP) is 2.58. The summed E-state index contributed by atoms with van der Waals surface area (Å²) < 4.78 is 25.2. The average Bonchev–Trinajstić information content (AvgIpc) is 2.56. The van der Waals surface area contributed by atoms with Crippen molar-refractivity contribution in [2.45, 2.75) is 13.8 Å². The Hall–Kier alpha value is -2.85. The first-order valence-corrected chi connectivity index (χ1v) is 9.41. The first kappa shape index (κ1) is 18.5. The van der Waals surface area contributed by atoms with E-state index in [1.165, 1.54) is 24.3 Å². The maximum absolute atomic E-state index is 12.4. The molecule has 7 heteroatoms. The molecule has 1 N–H and O–H groups in total. The lowest BCUT2D eigenvalue weighted by Crippen LogP contribution is -2.37. The number of nitrogens with zero attached hydrogens (tertiary/aromatic N) is 2. The van der Waals surface area contributed by atoms with Gasteiger partial charge in [0.25, 0.3) is 0 Å². The Bertz CT molecular complexity index is 929. The van der Waals surface area contributed by atoms with Gasteiger partial charge in [-0.1, -0.05) is 12.1 Å². The van der Waals surface area contributed by atoms with E-state index >= 15 is 0 Å². The van der Waals surface area contributed by atoms with Crippen LogP contribution in [0.1, 0.15) is 16.7 Å². The van der Waals surface area contributed by atoms with Crippen molar-refractivity contribution in [1.29, 1.82) is 5.26 Å². The highest BCUT2D eigenvalue weighted by Crippen LogP contribution is 2.20. The molecule has 6 nitrogen and oxygen atoms in total. The summed E-state index contributed by atoms with van der Waals surface area (Å²) in [6.45, 7) is 3.47. The summed E-state index contributed by atoms with van der Waals surface area (Å²) >= 11 is 0. The van der Waals surface area contributed by atoms with Crippen LogP contribution in [-0.4, -0.2) is 27.1 Å². The highest BCUT2D eigenvalue weighted by atomic mass is 32.2. The SMILES string of the molecule is Cc1cccc(NC(=O)CN(c2ccc(C#N)cc2)S(C)(=O)=O)c1C. The van der Waals surface area contributed by atoms with Crippen molar-refractivity contribution in [3.8, 4) is 6.07 Å². The normalized spacial score (nSPS) is 10.8. The fourth-order valence-corrected chi connectivity index (χ4v) is 3.17. The second kappa shape index (κ2) is 7.36. The van der Waals surface area contributed by atoms with Gasteiger partial charge in [-0.3, -0.25) is 9.10 Å². The molecule has 0 heterocycles. The van der Waals surface area contributed by atoms with Gasteiger partial charge in [0.05, 0.1) is 23.6 Å². The number of nitriles is 1. The molecular weight excluding hydrogens is 338 g/mol. The lowest BCUT2D eigenvalue weighted by atomic mass is 10.1. The lowest BCUT2D eigenvalue weighted by Gasteiger charge is -2.22. The van der Waals surface area contributed by atoms with E-state index in [1.807, 2.05) is 32.0 Å². The third kappa shape index (κ3) is 4.58. The number of rotatable bonds is 5. The van der Waals surface area contributed by atoms with Crippen LogP contribution in [0.3, 0.4) is 0 Å². The van der Waals surface area contributed by atoms with Crippen LogP contribution < -0.4 is 9.62 Å². The molecule has 0 atom stereocenters. The number of sulfonamides is 1. The minimum absolute atomic E-state index is 0.331. The Morgan fingerprint density at radius 3 is 2.36 bits per heavy atom. The summed E-state index contributed by atoms with van der Waals surface area (Å²) in [6.07, 6.45) is 1.04. The fraction of sp³-hybridized carbons (Fsp3) is 0.222. The molecule has 2 aromatic carbocycles. The van der Waals surface area contributed by atoms with Crippen LogP contribution in [0.15, 0.2) is 42.5 Å². The minimum atomic E-state index is -3.65. The fourth-order valence-electron chi connectivity index (χ4n) is 2.31. The predicted molar refractivity (Wildman–Crippen MR) is 97.9 cm³/mol. The van der Waals surface area contributed by atoms with Gasteiger partial charge in [0.1, 0.15) is 6.54 Å². The second-order valence-electron chi connectivity index (χ2n) is 5.72. The standard InChI is InChI=1S/C18H19N3O3S/c1-13-5-4-6-17(14(13)2)20-18(22)12-21(25(3,23)24)16-9-7-15(11-19)8-10-16/h4-10H,12H2,1-3H3,(H,20,22). The number of benzene rings is 2. The topological polar surface area (TPSA) is 90.3 Å². The summed E-state index contributed by atoms with van der Waals surface area (Å²) in [5.74, 6) is -0.441. The molecule has 0 bridgehead atoms. The van der Waals surface area contributed by atoms with Gasteiger partial charge < -0.3 is 5.32 Å². The van der Waals surface area contributed by atoms with E-state index in [0.717, 1.165) is 21.7 Å². The van der Waals surface area contributed by atoms with Gasteiger partial charge in [-0.2, -0.15) is 5.26 Å². The van der Waals surface area contributed by atoms with Crippen LogP contribution in [0.4, 0.5) is 11.4 Å². The van der Waals surface area contributed by atoms with E-state index in [4.69, 9.17) is 5.26 Å². The Morgan fingerprint density at radius 2 is 1.80 bits per heavy atom. The van der Waals surface area contributed by atoms with Crippen LogP contribution in [0.5, 0.6) is 0 Å². The lowest BCUT2D eigenvalue weighted by molar-refractivity contribution is -0.114. The van der Waals surface area contributed by atoms with E-state index in [-0.39, 0.29) is 6.54 Å². The summed E-state index contributed by atoms with van der Waals surface area (Å²) in [5, 5.41) is 11.6. The van der Waals surface area contributed by atoms with Crippen LogP contribution in [0.2, 0.25) is 0 Å². The number of hydrogen-bond acceptors (Lipinski definition) is 4. The maximum Gasteiger partial charge on any atom is 0.245 e. The van der Waals surface area contributed by atoms with Crippen molar-refractivity contribution in [2.24, 2.45) is 0 Å². The van der Waals surface area contributed by atoms with E-state index in [0.29, 0.717) is 16.9 Å². The van der Waals surface area contributed by atoms with Crippen LogP contribution in [-0.2, 0) is 14.8 Å². The monoisotopic (exact) mass is 357 g/mol. The van der Waals surface area contributed by atoms with Crippen molar-refractivity contribution in [3.05, 3.63) is 59.2 Å². The summed E-state index contributed by atoms with van der Waals surface area (Å²) in [7, 11) is -3.65. The highest BCUT2D eigenvalue weighted by Gasteiger charge is 2.21. The molecule has 0 unspecified atom stereocenters. The summed E-state index contributed by atoms with van der Waals surface area (Å²) in [6, 6.07) is 13.5. The Balaban J connectivity index is 2.24. The number of carbonyl (C=O) groups is 1. The van der Waals surface area contributed by atoms with Gasteiger partial charge in [-0.25, -0.2) is 8.42 Å². The van der Waals surface area contributed by atoms with Gasteiger partial charge in [-0.15, -0.1) is 0 Å². The molecule has 130 valence electrons. The number of hydrogen-bond donors (Lipinski definition) is 1. The van der Waals surface area contributed by atoms with Crippen LogP contribution in [0.25, 0.3) is 0 Å². The zero-order chi connectivity index (χ0) is 18.6. The largest absolute Gasteiger partial charge is 0.324 e. The van der Waals surface area contributed by atoms with E-state index in [1.54, 1.807) is 6.07 Å². The first-order chi connectivity index (χ1) is 11.7. The molecule has 1 amide bonds. The first-order valence-electron chi connectivity index (χ1n) is 7.56. The van der Waals surface area contributed by atoms with Crippen molar-refractivity contribution in [1.82, 2.24) is 0 Å². The third-order valence-corrected chi connectivity index (χ3v) is 4.99. The molecule has 0 aromatic heterocycles. The molecule has 0 aliphatic heterocycles. The average molecular weight is 357 g/mol. The smallest absolute Gasteiger partial charge is 0.245 e. The Morgan fingerprint density at radius 1 is 1.16 bits per heavy atom. The molecule has 0 aliphatic carbocycles. The van der Waals surface area contributed by atoms with E-state index < -0.39 is 15.9 Å². The van der Waals surface area contributed by atoms with Crippen molar-refractivity contribution in [2.75, 3.05) is 22.4 Å². The minimum Gasteiger partial charge on any atom is -0.324 e. The molecule has 2 aromatic rings. The molecule has 0 saturated heterocycles. The summed E-state index contributed by atoms with van der Waals surface area (Å²) in [4.78, 5) is 12.4. The van der Waals surface area contributed by atoms with Gasteiger partial charge in [-0.05, 0) is 55.3 Å². The molecule has 0 saturated carbocycles. The zero-order valence-electron chi connectivity index (χ0n) is 14.3. The van der Waals surface area contributed by atoms with Crippen LogP contribution >= 0.6 is 0 Å². The Labute approximate surface area is 147 Å². The van der Waals surface area contributed by atoms with Gasteiger partial charge in [0.15, 0.2) is 0 Å². The quantitative estimate of drug-likeness (QED) is 0.890. The molecule has 25 heavy (non-hydrogen) atoms. The highest BCUT2D eigenvalue weighted by molar-refractivity contribution is 7.92. The van der Waals surface area contributed by atoms with Crippen molar-refractivity contribution >= 4 is 27.3 Å². The van der Waals surface area contributed by atoms with Crippen molar-refractivity contribution in [3.63, 3.8) is 0 Å². The third-order valence-electron chi connectivity index (χ3n) is 3.85. The maximum atomic E-state index is 12.4. The number of aryl methyl sites for hydroxylation is 1. The zero-order valence-corrected chi connectivity index (χ0v) is 15.1. The molecule has 0 aliphatic rings. The number of anilines is 2. The van der Waals surface area contributed by atoms with Crippen molar-refractivity contribution < 1.29 is 13.2 Å². The molecule has 0 radical (unpaired) electrons. The molecule has 2 rings (SSSR count). The van der Waals surface area contributed by atoms with Gasteiger partial charge in [0.2, 0.25) is 15.9 Å². The van der Waals surface area contributed by atoms with E-state index in [9.17, 15) is 13.2 Å². The van der Waals surface area contributed by atoms with Crippen LogP contribution in [0, 0.1) is 25.2 Å². The van der Waals surface area contributed by atoms with E-state index in [2.05, 4.69) is 5.32 Å². The molecule has 0 spiro atoms. The van der Waals surface area contributed by atoms with Gasteiger partial charge >= 0.3 is 0 Å². The number of nitrogens with one attached hydrogen (secondary N) is 1. The number of amides is 1. The van der Waals surface area contributed by atoms with Gasteiger partial charge in [0, 0.05) is 5.69 Å². The number of carbonyl (C=O) groups excluding carboxylic acids is 1. The molecular formula is C18H19N3O3S.